The van der Waals surface area contributed by atoms with Crippen LogP contribution in [0.5, 0.6) is 11.5 Å². The molecule has 1 heterocycles. The minimum Gasteiger partial charge on any atom is -0.486 e. The highest BCUT2D eigenvalue weighted by Gasteiger charge is 2.15. The van der Waals surface area contributed by atoms with E-state index >= 15 is 0 Å². The Morgan fingerprint density at radius 3 is 2.30 bits per heavy atom. The van der Waals surface area contributed by atoms with Crippen molar-refractivity contribution in [3.05, 3.63) is 59.7 Å². The van der Waals surface area contributed by atoms with E-state index in [0.29, 0.717) is 30.4 Å². The van der Waals surface area contributed by atoms with Crippen LogP contribution < -0.4 is 14.8 Å². The number of carbonyl (C=O) groups excluding carboxylic acids is 1. The van der Waals surface area contributed by atoms with Crippen LogP contribution in [0, 0.1) is 0 Å². The average Bonchev–Trinajstić information content (AvgIpc) is 2.80. The summed E-state index contributed by atoms with van der Waals surface area (Å²) >= 11 is 0. The van der Waals surface area contributed by atoms with Crippen molar-refractivity contribution >= 4 is 17.2 Å². The highest BCUT2D eigenvalue weighted by molar-refractivity contribution is 6.04. The molecule has 0 aromatic heterocycles. The maximum absolute atomic E-state index is 12.9. The van der Waals surface area contributed by atoms with Crippen LogP contribution in [-0.2, 0) is 10.2 Å². The van der Waals surface area contributed by atoms with Crippen LogP contribution in [0.4, 0.5) is 5.69 Å². The van der Waals surface area contributed by atoms with Gasteiger partial charge in [0.05, 0.1) is 0 Å². The van der Waals surface area contributed by atoms with E-state index in [-0.39, 0.29) is 11.3 Å². The molecule has 2 aromatic rings. The Hall–Kier alpha value is -2.79. The molecular weight excluding hydrogens is 412 g/mol. The van der Waals surface area contributed by atoms with Crippen molar-refractivity contribution in [3.8, 4) is 11.5 Å². The molecular formula is C28H38N2O3. The Bertz CT molecular complexity index is 954. The van der Waals surface area contributed by atoms with Gasteiger partial charge in [-0.3, -0.25) is 4.79 Å². The van der Waals surface area contributed by atoms with E-state index in [1.165, 1.54) is 5.56 Å². The van der Waals surface area contributed by atoms with Crippen molar-refractivity contribution in [1.29, 1.82) is 0 Å². The molecule has 0 spiro atoms. The Morgan fingerprint density at radius 1 is 1.00 bits per heavy atom. The van der Waals surface area contributed by atoms with E-state index in [9.17, 15) is 4.79 Å². The van der Waals surface area contributed by atoms with E-state index < -0.39 is 0 Å². The Morgan fingerprint density at radius 2 is 1.67 bits per heavy atom. The van der Waals surface area contributed by atoms with Crippen LogP contribution in [0.2, 0.25) is 0 Å². The Balaban J connectivity index is 1.77. The normalized spacial score (nSPS) is 13.8. The minimum atomic E-state index is -0.135. The summed E-state index contributed by atoms with van der Waals surface area (Å²) < 4.78 is 11.2. The quantitative estimate of drug-likeness (QED) is 0.483. The number of hydrogen-bond acceptors (Lipinski definition) is 4. The molecule has 178 valence electrons. The fraction of sp³-hybridized carbons (Fsp3) is 0.464. The smallest absolute Gasteiger partial charge is 0.248 e. The predicted octanol–water partition coefficient (Wildman–Crippen LogP) is 5.90. The first-order chi connectivity index (χ1) is 15.8. The van der Waals surface area contributed by atoms with Crippen molar-refractivity contribution < 1.29 is 14.3 Å². The van der Waals surface area contributed by atoms with Crippen molar-refractivity contribution in [3.63, 3.8) is 0 Å². The van der Waals surface area contributed by atoms with Gasteiger partial charge >= 0.3 is 0 Å². The Labute approximate surface area is 198 Å². The van der Waals surface area contributed by atoms with Crippen molar-refractivity contribution in [2.45, 2.75) is 52.9 Å². The second kappa shape index (κ2) is 11.4. The van der Waals surface area contributed by atoms with Crippen LogP contribution >= 0.6 is 0 Å². The first kappa shape index (κ1) is 24.8. The summed E-state index contributed by atoms with van der Waals surface area (Å²) in [6.45, 7) is 15.2. The Kier molecular flexibility index (Phi) is 8.56. The molecule has 1 N–H and O–H groups in total. The third-order valence-corrected chi connectivity index (χ3v) is 6.05. The first-order valence-corrected chi connectivity index (χ1v) is 12.0. The van der Waals surface area contributed by atoms with Gasteiger partial charge in [-0.05, 0) is 66.7 Å². The fourth-order valence-electron chi connectivity index (χ4n) is 3.97. The van der Waals surface area contributed by atoms with Gasteiger partial charge < -0.3 is 19.7 Å². The van der Waals surface area contributed by atoms with Gasteiger partial charge in [0.1, 0.15) is 13.2 Å². The lowest BCUT2D eigenvalue weighted by atomic mass is 9.86. The molecule has 0 fully saturated rings. The highest BCUT2D eigenvalue weighted by Crippen LogP contribution is 2.33. The average molecular weight is 451 g/mol. The molecule has 33 heavy (non-hydrogen) atoms. The maximum atomic E-state index is 12.9. The van der Waals surface area contributed by atoms with Gasteiger partial charge in [-0.2, -0.15) is 0 Å². The lowest BCUT2D eigenvalue weighted by Crippen LogP contribution is -2.24. The largest absolute Gasteiger partial charge is 0.486 e. The van der Waals surface area contributed by atoms with Crippen LogP contribution in [-0.4, -0.2) is 43.7 Å². The standard InChI is InChI=1S/C28H38N2O3/c1-6-30(7-2)16-8-9-22(21-10-12-23(13-11-21)28(3,4)5)19-27(31)29-24-14-15-25-26(20-24)33-18-17-32-25/h10-15,19-20H,6-9,16-18H2,1-5H3,(H,29,31). The van der Waals surface area contributed by atoms with Gasteiger partial charge in [-0.25, -0.2) is 0 Å². The van der Waals surface area contributed by atoms with Gasteiger partial charge in [0.15, 0.2) is 11.5 Å². The van der Waals surface area contributed by atoms with Gasteiger partial charge in [-0.15, -0.1) is 0 Å². The third kappa shape index (κ3) is 7.10. The lowest BCUT2D eigenvalue weighted by Gasteiger charge is -2.20. The molecule has 0 saturated heterocycles. The number of nitrogens with zero attached hydrogens (tertiary/aromatic N) is 1. The molecule has 0 saturated carbocycles. The van der Waals surface area contributed by atoms with Gasteiger partial charge in [0.2, 0.25) is 5.91 Å². The zero-order valence-electron chi connectivity index (χ0n) is 20.7. The lowest BCUT2D eigenvalue weighted by molar-refractivity contribution is -0.111. The topological polar surface area (TPSA) is 50.8 Å². The van der Waals surface area contributed by atoms with Gasteiger partial charge in [-0.1, -0.05) is 58.9 Å². The second-order valence-electron chi connectivity index (χ2n) is 9.48. The summed E-state index contributed by atoms with van der Waals surface area (Å²) in [7, 11) is 0. The molecule has 0 aliphatic carbocycles. The molecule has 0 unspecified atom stereocenters. The second-order valence-corrected chi connectivity index (χ2v) is 9.48. The number of hydrogen-bond donors (Lipinski definition) is 1. The first-order valence-electron chi connectivity index (χ1n) is 12.0. The van der Waals surface area contributed by atoms with Crippen molar-refractivity contribution in [2.24, 2.45) is 0 Å². The molecule has 1 aliphatic rings. The monoisotopic (exact) mass is 450 g/mol. The number of rotatable bonds is 9. The van der Waals surface area contributed by atoms with Crippen LogP contribution in [0.25, 0.3) is 5.57 Å². The van der Waals surface area contributed by atoms with E-state index in [1.54, 1.807) is 6.08 Å². The maximum Gasteiger partial charge on any atom is 0.248 e. The van der Waals surface area contributed by atoms with E-state index in [2.05, 4.69) is 69.1 Å². The number of anilines is 1. The number of benzene rings is 2. The van der Waals surface area contributed by atoms with Crippen molar-refractivity contribution in [1.82, 2.24) is 4.90 Å². The number of ether oxygens (including phenoxy) is 2. The molecule has 3 rings (SSSR count). The summed E-state index contributed by atoms with van der Waals surface area (Å²) in [4.78, 5) is 15.3. The van der Waals surface area contributed by atoms with E-state index in [1.807, 2.05) is 18.2 Å². The molecule has 2 aromatic carbocycles. The molecule has 5 heteroatoms. The zero-order chi connectivity index (χ0) is 23.8. The molecule has 1 aliphatic heterocycles. The van der Waals surface area contributed by atoms with E-state index in [4.69, 9.17) is 9.47 Å². The zero-order valence-corrected chi connectivity index (χ0v) is 20.7. The highest BCUT2D eigenvalue weighted by atomic mass is 16.6. The molecule has 0 atom stereocenters. The molecule has 1 amide bonds. The van der Waals surface area contributed by atoms with Crippen molar-refractivity contribution in [2.75, 3.05) is 38.2 Å². The predicted molar refractivity (Wildman–Crippen MR) is 136 cm³/mol. The number of fused-ring (bicyclic) bond motifs is 1. The van der Waals surface area contributed by atoms with Crippen LogP contribution in [0.3, 0.4) is 0 Å². The van der Waals surface area contributed by atoms with E-state index in [0.717, 1.165) is 43.6 Å². The molecule has 0 bridgehead atoms. The fourth-order valence-corrected chi connectivity index (χ4v) is 3.97. The number of amides is 1. The number of allylic oxidation sites excluding steroid dienone is 1. The van der Waals surface area contributed by atoms with Crippen LogP contribution in [0.15, 0.2) is 48.5 Å². The molecule has 0 radical (unpaired) electrons. The third-order valence-electron chi connectivity index (χ3n) is 6.05. The summed E-state index contributed by atoms with van der Waals surface area (Å²) in [5, 5.41) is 2.99. The summed E-state index contributed by atoms with van der Waals surface area (Å²) in [5.74, 6) is 1.25. The minimum absolute atomic E-state index is 0.0980. The number of nitrogens with one attached hydrogen (secondary N) is 1. The van der Waals surface area contributed by atoms with Gasteiger partial charge in [0.25, 0.3) is 0 Å². The van der Waals surface area contributed by atoms with Gasteiger partial charge in [0, 0.05) is 17.8 Å². The summed E-state index contributed by atoms with van der Waals surface area (Å²) in [6, 6.07) is 14.1. The summed E-state index contributed by atoms with van der Waals surface area (Å²) in [5.41, 5.74) is 4.24. The molecule has 5 nitrogen and oxygen atoms in total. The van der Waals surface area contributed by atoms with Crippen LogP contribution in [0.1, 0.15) is 58.6 Å². The number of carbonyl (C=O) groups is 1. The summed E-state index contributed by atoms with van der Waals surface area (Å²) in [6.07, 6.45) is 3.59. The SMILES string of the molecule is CCN(CC)CCCC(=CC(=O)Nc1ccc2c(c1)OCCO2)c1ccc(C(C)(C)C)cc1.